The molecule has 1 rings (SSSR count). The summed E-state index contributed by atoms with van der Waals surface area (Å²) >= 11 is 1.73. The molecule has 52 valence electrons. The van der Waals surface area contributed by atoms with Gasteiger partial charge in [0, 0.05) is 7.05 Å². The monoisotopic (exact) mass is 145 g/mol. The van der Waals surface area contributed by atoms with Crippen LogP contribution in [0.5, 0.6) is 0 Å². The van der Waals surface area contributed by atoms with Gasteiger partial charge in [-0.2, -0.15) is 0 Å². The fraction of sp³-hybridized carbons (Fsp3) is 0.833. The quantitative estimate of drug-likeness (QED) is 0.547. The molecule has 1 unspecified atom stereocenters. The molecule has 0 radical (unpaired) electrons. The van der Waals surface area contributed by atoms with Gasteiger partial charge in [-0.05, 0) is 6.42 Å². The van der Waals surface area contributed by atoms with E-state index in [1.54, 1.807) is 16.7 Å². The zero-order valence-corrected chi connectivity index (χ0v) is 6.57. The van der Waals surface area contributed by atoms with Gasteiger partial charge in [-0.15, -0.1) is 11.8 Å². The number of nitrogens with zero attached hydrogens (tertiary/aromatic N) is 1. The Labute approximate surface area is 59.6 Å². The van der Waals surface area contributed by atoms with Crippen LogP contribution in [0.2, 0.25) is 0 Å². The van der Waals surface area contributed by atoms with Gasteiger partial charge in [0.1, 0.15) is 0 Å². The molecule has 1 atom stereocenters. The van der Waals surface area contributed by atoms with Crippen LogP contribution in [-0.2, 0) is 4.79 Å². The van der Waals surface area contributed by atoms with Crippen molar-refractivity contribution < 1.29 is 4.79 Å². The van der Waals surface area contributed by atoms with Gasteiger partial charge < -0.3 is 4.90 Å². The molecule has 1 amide bonds. The summed E-state index contributed by atoms with van der Waals surface area (Å²) in [6.07, 6.45) is 0.966. The lowest BCUT2D eigenvalue weighted by Crippen LogP contribution is -2.24. The van der Waals surface area contributed by atoms with Crippen LogP contribution in [0.3, 0.4) is 0 Å². The molecular formula is C6H11NOS. The van der Waals surface area contributed by atoms with E-state index in [1.807, 2.05) is 7.05 Å². The summed E-state index contributed by atoms with van der Waals surface area (Å²) in [5.74, 6) is 1.17. The minimum Gasteiger partial charge on any atom is -0.336 e. The summed E-state index contributed by atoms with van der Waals surface area (Å²) in [5.41, 5.74) is 0. The van der Waals surface area contributed by atoms with Crippen molar-refractivity contribution in [1.82, 2.24) is 4.90 Å². The Balaban J connectivity index is 2.51. The van der Waals surface area contributed by atoms with Gasteiger partial charge in [-0.1, -0.05) is 6.92 Å². The maximum Gasteiger partial charge on any atom is 0.236 e. The van der Waals surface area contributed by atoms with Crippen LogP contribution >= 0.6 is 11.8 Å². The zero-order chi connectivity index (χ0) is 6.85. The number of rotatable bonds is 1. The highest BCUT2D eigenvalue weighted by atomic mass is 32.2. The fourth-order valence-electron chi connectivity index (χ4n) is 0.875. The first-order chi connectivity index (χ1) is 4.25. The second kappa shape index (κ2) is 2.60. The van der Waals surface area contributed by atoms with Crippen molar-refractivity contribution in [2.75, 3.05) is 12.9 Å². The summed E-state index contributed by atoms with van der Waals surface area (Å²) < 4.78 is 0. The number of carbonyl (C=O) groups excluding carboxylic acids is 1. The number of hydrogen-bond donors (Lipinski definition) is 0. The lowest BCUT2D eigenvalue weighted by molar-refractivity contribution is -0.127. The minimum absolute atomic E-state index is 0.245. The number of thioether (sulfide) groups is 1. The number of amides is 1. The van der Waals surface area contributed by atoms with E-state index in [0.29, 0.717) is 5.91 Å². The molecule has 1 aliphatic rings. The van der Waals surface area contributed by atoms with Gasteiger partial charge in [-0.3, -0.25) is 4.79 Å². The standard InChI is InChI=1S/C6H11NOS/c1-3-5-6(8)7(2)4-9-5/h5H,3-4H2,1-2H3. The topological polar surface area (TPSA) is 20.3 Å². The molecule has 2 nitrogen and oxygen atoms in total. The molecule has 0 aromatic rings. The maximum atomic E-state index is 11.0. The van der Waals surface area contributed by atoms with E-state index in [1.165, 1.54) is 0 Å². The van der Waals surface area contributed by atoms with Crippen molar-refractivity contribution in [1.29, 1.82) is 0 Å². The van der Waals surface area contributed by atoms with Crippen LogP contribution in [0, 0.1) is 0 Å². The molecule has 1 fully saturated rings. The Morgan fingerprint density at radius 3 is 2.78 bits per heavy atom. The molecule has 0 aromatic heterocycles. The van der Waals surface area contributed by atoms with Crippen molar-refractivity contribution in [2.45, 2.75) is 18.6 Å². The SMILES string of the molecule is CCC1SCN(C)C1=O. The van der Waals surface area contributed by atoms with Crippen LogP contribution in [0.25, 0.3) is 0 Å². The highest BCUT2D eigenvalue weighted by molar-refractivity contribution is 8.01. The predicted molar refractivity (Wildman–Crippen MR) is 39.3 cm³/mol. The molecule has 0 saturated carbocycles. The summed E-state index contributed by atoms with van der Waals surface area (Å²) in [5, 5.41) is 0.245. The summed E-state index contributed by atoms with van der Waals surface area (Å²) in [7, 11) is 1.85. The highest BCUT2D eigenvalue weighted by Gasteiger charge is 2.27. The molecule has 0 bridgehead atoms. The van der Waals surface area contributed by atoms with Crippen molar-refractivity contribution in [3.8, 4) is 0 Å². The average Bonchev–Trinajstić information content (AvgIpc) is 2.15. The summed E-state index contributed by atoms with van der Waals surface area (Å²) in [6.45, 7) is 2.05. The fourth-order valence-corrected chi connectivity index (χ4v) is 1.96. The molecule has 0 N–H and O–H groups in total. The Bertz CT molecular complexity index is 126. The van der Waals surface area contributed by atoms with Crippen LogP contribution < -0.4 is 0 Å². The van der Waals surface area contributed by atoms with E-state index in [0.717, 1.165) is 12.3 Å². The van der Waals surface area contributed by atoms with Crippen LogP contribution in [0.4, 0.5) is 0 Å². The number of hydrogen-bond acceptors (Lipinski definition) is 2. The zero-order valence-electron chi connectivity index (χ0n) is 5.76. The molecule has 1 heterocycles. The van der Waals surface area contributed by atoms with Gasteiger partial charge in [0.2, 0.25) is 5.91 Å². The van der Waals surface area contributed by atoms with Gasteiger partial charge in [0.15, 0.2) is 0 Å². The molecule has 0 aliphatic carbocycles. The van der Waals surface area contributed by atoms with Crippen molar-refractivity contribution in [3.05, 3.63) is 0 Å². The van der Waals surface area contributed by atoms with E-state index in [9.17, 15) is 4.79 Å². The van der Waals surface area contributed by atoms with Gasteiger partial charge in [0.25, 0.3) is 0 Å². The third-order valence-electron chi connectivity index (χ3n) is 1.49. The Hall–Kier alpha value is -0.180. The van der Waals surface area contributed by atoms with Crippen molar-refractivity contribution >= 4 is 17.7 Å². The van der Waals surface area contributed by atoms with Crippen molar-refractivity contribution in [3.63, 3.8) is 0 Å². The average molecular weight is 145 g/mol. The van der Waals surface area contributed by atoms with E-state index < -0.39 is 0 Å². The molecule has 9 heavy (non-hydrogen) atoms. The van der Waals surface area contributed by atoms with Gasteiger partial charge in [0.05, 0.1) is 11.1 Å². The van der Waals surface area contributed by atoms with E-state index in [2.05, 4.69) is 6.92 Å². The lowest BCUT2D eigenvalue weighted by atomic mass is 10.3. The first-order valence-corrected chi connectivity index (χ1v) is 4.17. The Morgan fingerprint density at radius 1 is 1.89 bits per heavy atom. The van der Waals surface area contributed by atoms with Crippen LogP contribution in [0.15, 0.2) is 0 Å². The Morgan fingerprint density at radius 2 is 2.56 bits per heavy atom. The molecule has 3 heteroatoms. The second-order valence-electron chi connectivity index (χ2n) is 2.23. The first-order valence-electron chi connectivity index (χ1n) is 3.12. The summed E-state index contributed by atoms with van der Waals surface area (Å²) in [4.78, 5) is 12.8. The Kier molecular flexibility index (Phi) is 2.01. The number of carbonyl (C=O) groups is 1. The smallest absolute Gasteiger partial charge is 0.236 e. The molecule has 0 spiro atoms. The second-order valence-corrected chi connectivity index (χ2v) is 3.39. The van der Waals surface area contributed by atoms with E-state index >= 15 is 0 Å². The molecule has 0 aromatic carbocycles. The molecule has 1 saturated heterocycles. The predicted octanol–water partition coefficient (Wildman–Crippen LogP) is 0.928. The molecule has 1 aliphatic heterocycles. The summed E-state index contributed by atoms with van der Waals surface area (Å²) in [6, 6.07) is 0. The maximum absolute atomic E-state index is 11.0. The van der Waals surface area contributed by atoms with Gasteiger partial charge >= 0.3 is 0 Å². The largest absolute Gasteiger partial charge is 0.336 e. The van der Waals surface area contributed by atoms with E-state index in [-0.39, 0.29) is 5.25 Å². The first kappa shape index (κ1) is 6.93. The minimum atomic E-state index is 0.245. The van der Waals surface area contributed by atoms with Crippen molar-refractivity contribution in [2.24, 2.45) is 0 Å². The normalized spacial score (nSPS) is 27.6. The highest BCUT2D eigenvalue weighted by Crippen LogP contribution is 2.24. The third-order valence-corrected chi connectivity index (χ3v) is 2.97. The molecular weight excluding hydrogens is 134 g/mol. The van der Waals surface area contributed by atoms with E-state index in [4.69, 9.17) is 0 Å². The lowest BCUT2D eigenvalue weighted by Gasteiger charge is -2.05. The van der Waals surface area contributed by atoms with Crippen LogP contribution in [-0.4, -0.2) is 29.0 Å². The third kappa shape index (κ3) is 1.21. The van der Waals surface area contributed by atoms with Gasteiger partial charge in [-0.25, -0.2) is 0 Å². The van der Waals surface area contributed by atoms with Crippen LogP contribution in [0.1, 0.15) is 13.3 Å².